The van der Waals surface area contributed by atoms with Crippen LogP contribution in [0.5, 0.6) is 0 Å². The number of nitrogens with zero attached hydrogens (tertiary/aromatic N) is 3. The van der Waals surface area contributed by atoms with Gasteiger partial charge < -0.3 is 9.64 Å². The Balaban J connectivity index is 1.47. The first-order valence-corrected chi connectivity index (χ1v) is 8.96. The maximum atomic E-state index is 12.7. The fraction of sp³-hybridized carbons (Fsp3) is 0.333. The number of carbonyl (C=O) groups is 1. The molecule has 0 radical (unpaired) electrons. The molecular weight excluding hydrogens is 322 g/mol. The number of ether oxygens (including phenoxy) is 1. The number of hydrogen-bond donors (Lipinski definition) is 0. The molecule has 2 aromatic heterocycles. The largest absolute Gasteiger partial charge is 0.367 e. The fourth-order valence-electron chi connectivity index (χ4n) is 3.13. The zero-order chi connectivity index (χ0) is 16.5. The van der Waals surface area contributed by atoms with Crippen molar-refractivity contribution in [2.75, 3.05) is 13.1 Å². The lowest BCUT2D eigenvalue weighted by atomic mass is 10.1. The molecule has 0 aliphatic carbocycles. The third-order valence-corrected chi connectivity index (χ3v) is 5.03. The van der Waals surface area contributed by atoms with Gasteiger partial charge in [0.2, 0.25) is 5.91 Å². The lowest BCUT2D eigenvalue weighted by Crippen LogP contribution is -2.46. The van der Waals surface area contributed by atoms with Crippen LogP contribution < -0.4 is 0 Å². The highest BCUT2D eigenvalue weighted by Crippen LogP contribution is 2.25. The standard InChI is InChI=1S/C18H19N3O2S/c1-13-10-21(12-16(23-13)14-5-3-2-4-6-14)17(22)9-15-11-20-7-8-24-18(20)19-15/h2-8,11,13,16H,9-10,12H2,1H3/t13-,16-/m0/s1. The van der Waals surface area contributed by atoms with Gasteiger partial charge in [-0.1, -0.05) is 30.3 Å². The van der Waals surface area contributed by atoms with Crippen LogP contribution >= 0.6 is 11.3 Å². The average Bonchev–Trinajstić information content (AvgIpc) is 3.16. The summed E-state index contributed by atoms with van der Waals surface area (Å²) in [7, 11) is 0. The van der Waals surface area contributed by atoms with Crippen LogP contribution in [0.15, 0.2) is 48.1 Å². The molecule has 2 atom stereocenters. The van der Waals surface area contributed by atoms with E-state index in [0.717, 1.165) is 16.2 Å². The Bertz CT molecular complexity index is 814. The third kappa shape index (κ3) is 3.07. The summed E-state index contributed by atoms with van der Waals surface area (Å²) in [5.74, 6) is 0.108. The van der Waals surface area contributed by atoms with Crippen LogP contribution in [0.25, 0.3) is 4.96 Å². The van der Waals surface area contributed by atoms with Gasteiger partial charge >= 0.3 is 0 Å². The molecule has 0 spiro atoms. The van der Waals surface area contributed by atoms with E-state index in [9.17, 15) is 4.79 Å². The van der Waals surface area contributed by atoms with Crippen LogP contribution in [0.4, 0.5) is 0 Å². The number of carbonyl (C=O) groups excluding carboxylic acids is 1. The van der Waals surface area contributed by atoms with Gasteiger partial charge in [-0.15, -0.1) is 11.3 Å². The summed E-state index contributed by atoms with van der Waals surface area (Å²) in [5, 5.41) is 1.99. The molecule has 3 aromatic rings. The van der Waals surface area contributed by atoms with E-state index in [1.807, 2.05) is 52.2 Å². The summed E-state index contributed by atoms with van der Waals surface area (Å²) >= 11 is 1.58. The van der Waals surface area contributed by atoms with Crippen molar-refractivity contribution in [2.24, 2.45) is 0 Å². The molecule has 1 aliphatic heterocycles. The Morgan fingerprint density at radius 3 is 2.96 bits per heavy atom. The van der Waals surface area contributed by atoms with E-state index in [0.29, 0.717) is 19.5 Å². The second-order valence-electron chi connectivity index (χ2n) is 6.15. The number of rotatable bonds is 3. The summed E-state index contributed by atoms with van der Waals surface area (Å²) in [6, 6.07) is 10.1. The van der Waals surface area contributed by atoms with E-state index in [4.69, 9.17) is 4.74 Å². The summed E-state index contributed by atoms with van der Waals surface area (Å²) in [6.45, 7) is 3.24. The SMILES string of the molecule is C[C@H]1CN(C(=O)Cc2cn3ccsc3n2)C[C@@H](c2ccccc2)O1. The van der Waals surface area contributed by atoms with Gasteiger partial charge in [-0.3, -0.25) is 9.20 Å². The van der Waals surface area contributed by atoms with Crippen molar-refractivity contribution in [3.8, 4) is 0 Å². The molecule has 4 rings (SSSR count). The Morgan fingerprint density at radius 1 is 1.33 bits per heavy atom. The summed E-state index contributed by atoms with van der Waals surface area (Å²) in [4.78, 5) is 20.0. The van der Waals surface area contributed by atoms with E-state index in [-0.39, 0.29) is 18.1 Å². The molecule has 24 heavy (non-hydrogen) atoms. The zero-order valence-corrected chi connectivity index (χ0v) is 14.3. The van der Waals surface area contributed by atoms with E-state index in [1.54, 1.807) is 11.3 Å². The zero-order valence-electron chi connectivity index (χ0n) is 13.5. The van der Waals surface area contributed by atoms with Gasteiger partial charge in [-0.2, -0.15) is 0 Å². The minimum absolute atomic E-state index is 0.0263. The molecule has 3 heterocycles. The molecular formula is C18H19N3O2S. The van der Waals surface area contributed by atoms with Crippen molar-refractivity contribution in [3.05, 3.63) is 59.4 Å². The van der Waals surface area contributed by atoms with Gasteiger partial charge in [0.15, 0.2) is 4.96 Å². The van der Waals surface area contributed by atoms with Crippen LogP contribution in [-0.2, 0) is 16.0 Å². The highest BCUT2D eigenvalue weighted by molar-refractivity contribution is 7.15. The molecule has 5 nitrogen and oxygen atoms in total. The number of imidazole rings is 1. The van der Waals surface area contributed by atoms with E-state index < -0.39 is 0 Å². The van der Waals surface area contributed by atoms with E-state index >= 15 is 0 Å². The monoisotopic (exact) mass is 341 g/mol. The van der Waals surface area contributed by atoms with Crippen LogP contribution in [0.3, 0.4) is 0 Å². The fourth-order valence-corrected chi connectivity index (χ4v) is 3.85. The van der Waals surface area contributed by atoms with Gasteiger partial charge in [0.05, 0.1) is 24.8 Å². The van der Waals surface area contributed by atoms with Gasteiger partial charge in [-0.05, 0) is 12.5 Å². The highest BCUT2D eigenvalue weighted by Gasteiger charge is 2.29. The number of morpholine rings is 1. The number of thiazole rings is 1. The van der Waals surface area contributed by atoms with Crippen molar-refractivity contribution in [3.63, 3.8) is 0 Å². The minimum atomic E-state index is -0.0654. The van der Waals surface area contributed by atoms with Crippen LogP contribution in [0, 0.1) is 0 Å². The Morgan fingerprint density at radius 2 is 2.17 bits per heavy atom. The Kier molecular flexibility index (Phi) is 4.08. The molecule has 6 heteroatoms. The first-order chi connectivity index (χ1) is 11.7. The molecule has 1 saturated heterocycles. The third-order valence-electron chi connectivity index (χ3n) is 4.26. The molecule has 1 amide bonds. The van der Waals surface area contributed by atoms with Gasteiger partial charge in [0, 0.05) is 24.3 Å². The minimum Gasteiger partial charge on any atom is -0.367 e. The predicted octanol–water partition coefficient (Wildman–Crippen LogP) is 2.93. The number of aromatic nitrogens is 2. The Labute approximate surface area is 144 Å². The van der Waals surface area contributed by atoms with Gasteiger partial charge in [0.25, 0.3) is 0 Å². The molecule has 0 unspecified atom stereocenters. The lowest BCUT2D eigenvalue weighted by Gasteiger charge is -2.37. The second kappa shape index (κ2) is 6.37. The first kappa shape index (κ1) is 15.4. The lowest BCUT2D eigenvalue weighted by molar-refractivity contribution is -0.144. The maximum absolute atomic E-state index is 12.7. The summed E-state index contributed by atoms with van der Waals surface area (Å²) in [6.07, 6.45) is 4.19. The van der Waals surface area contributed by atoms with Crippen molar-refractivity contribution < 1.29 is 9.53 Å². The summed E-state index contributed by atoms with van der Waals surface area (Å²) < 4.78 is 7.99. The molecule has 124 valence electrons. The molecule has 0 N–H and O–H groups in total. The number of fused-ring (bicyclic) bond motifs is 1. The van der Waals surface area contributed by atoms with Crippen molar-refractivity contribution >= 4 is 22.2 Å². The normalized spacial score (nSPS) is 21.3. The van der Waals surface area contributed by atoms with Crippen LogP contribution in [0.2, 0.25) is 0 Å². The predicted molar refractivity (Wildman–Crippen MR) is 93.1 cm³/mol. The maximum Gasteiger partial charge on any atom is 0.228 e. The molecule has 1 aromatic carbocycles. The number of hydrogen-bond acceptors (Lipinski definition) is 4. The van der Waals surface area contributed by atoms with E-state index in [2.05, 4.69) is 17.1 Å². The second-order valence-corrected chi connectivity index (χ2v) is 7.02. The summed E-state index contributed by atoms with van der Waals surface area (Å²) in [5.41, 5.74) is 1.94. The van der Waals surface area contributed by atoms with Crippen molar-refractivity contribution in [1.29, 1.82) is 0 Å². The van der Waals surface area contributed by atoms with Crippen molar-refractivity contribution in [1.82, 2.24) is 14.3 Å². The molecule has 1 aliphatic rings. The van der Waals surface area contributed by atoms with Crippen molar-refractivity contribution in [2.45, 2.75) is 25.6 Å². The first-order valence-electron chi connectivity index (χ1n) is 8.08. The number of amides is 1. The molecule has 0 bridgehead atoms. The van der Waals surface area contributed by atoms with Gasteiger partial charge in [0.1, 0.15) is 6.10 Å². The van der Waals surface area contributed by atoms with Gasteiger partial charge in [-0.25, -0.2) is 4.98 Å². The topological polar surface area (TPSA) is 46.8 Å². The molecule has 1 fully saturated rings. The van der Waals surface area contributed by atoms with Crippen LogP contribution in [-0.4, -0.2) is 39.4 Å². The van der Waals surface area contributed by atoms with Crippen LogP contribution in [0.1, 0.15) is 24.3 Å². The Hall–Kier alpha value is -2.18. The smallest absolute Gasteiger partial charge is 0.228 e. The average molecular weight is 341 g/mol. The number of benzene rings is 1. The molecule has 0 saturated carbocycles. The highest BCUT2D eigenvalue weighted by atomic mass is 32.1. The quantitative estimate of drug-likeness (QED) is 0.736. The van der Waals surface area contributed by atoms with E-state index in [1.165, 1.54) is 0 Å².